The monoisotopic (exact) mass is 1030 g/mol. The van der Waals surface area contributed by atoms with Crippen LogP contribution in [-0.2, 0) is 49.7 Å². The van der Waals surface area contributed by atoms with Gasteiger partial charge in [-0.05, 0) is 56.9 Å². The van der Waals surface area contributed by atoms with Crippen LogP contribution in [0.15, 0.2) is 40.2 Å². The number of rotatable bonds is 30. The van der Waals surface area contributed by atoms with Crippen LogP contribution in [0.5, 0.6) is 0 Å². The van der Waals surface area contributed by atoms with E-state index in [0.29, 0.717) is 11.4 Å². The van der Waals surface area contributed by atoms with E-state index in [2.05, 4.69) is 74.8 Å². The Morgan fingerprint density at radius 1 is 0.708 bits per heavy atom. The van der Waals surface area contributed by atoms with Crippen molar-refractivity contribution in [2.45, 2.75) is 101 Å². The molecule has 1 aromatic carbocycles. The SMILES string of the molecule is C[C@H](CCC(=O)N[C@@H](CC(=O)O)C(=O)N[C@@H](CCCN=C(N)N)C(=O)N[C@@H](CC(=O)O)C(=O)N[C@@H](CCC(=O)O)C(=O)N[C@@H](CS)C(=O)O)NC(=O)c1ccc(NCc2cnc3nc(N)[nH]c(=O)c3n2)cc1. The van der Waals surface area contributed by atoms with E-state index < -0.39 is 133 Å². The van der Waals surface area contributed by atoms with Crippen molar-refractivity contribution in [1.29, 1.82) is 0 Å². The van der Waals surface area contributed by atoms with E-state index >= 15 is 0 Å². The van der Waals surface area contributed by atoms with Crippen molar-refractivity contribution >= 4 is 101 Å². The molecule has 0 bridgehead atoms. The number of hydrogen-bond acceptors (Lipinski definition) is 18. The first-order valence-corrected chi connectivity index (χ1v) is 22.3. The van der Waals surface area contributed by atoms with Crippen LogP contribution in [0.1, 0.15) is 74.3 Å². The summed E-state index contributed by atoms with van der Waals surface area (Å²) in [5.41, 5.74) is 17.1. The fraction of sp³-hybridized carbons (Fsp3) is 0.439. The molecule has 0 spiro atoms. The molecule has 31 heteroatoms. The number of carbonyl (C=O) groups is 10. The topological polar surface area (TPSA) is 498 Å². The van der Waals surface area contributed by atoms with Gasteiger partial charge < -0.3 is 74.8 Å². The Bertz CT molecular complexity index is 2580. The second kappa shape index (κ2) is 28.1. The summed E-state index contributed by atoms with van der Waals surface area (Å²) >= 11 is 3.83. The number of fused-ring (bicyclic) bond motifs is 1. The molecule has 72 heavy (non-hydrogen) atoms. The van der Waals surface area contributed by atoms with Crippen LogP contribution in [-0.4, -0.2) is 154 Å². The number of carboxylic acids is 4. The maximum absolute atomic E-state index is 13.7. The van der Waals surface area contributed by atoms with Crippen LogP contribution in [0.4, 0.5) is 11.6 Å². The summed E-state index contributed by atoms with van der Waals surface area (Å²) in [7, 11) is 0. The highest BCUT2D eigenvalue weighted by Crippen LogP contribution is 2.13. The Hall–Kier alpha value is -8.64. The van der Waals surface area contributed by atoms with Crippen LogP contribution in [0, 0.1) is 0 Å². The molecule has 2 aromatic heterocycles. The van der Waals surface area contributed by atoms with Gasteiger partial charge in [0.05, 0.1) is 31.3 Å². The van der Waals surface area contributed by atoms with Crippen molar-refractivity contribution in [2.75, 3.05) is 23.3 Å². The summed E-state index contributed by atoms with van der Waals surface area (Å²) in [4.78, 5) is 157. The molecule has 0 saturated heterocycles. The molecule has 0 radical (unpaired) electrons. The van der Waals surface area contributed by atoms with Gasteiger partial charge in [0, 0.05) is 42.4 Å². The van der Waals surface area contributed by atoms with Gasteiger partial charge in [0.15, 0.2) is 17.1 Å². The fourth-order valence-corrected chi connectivity index (χ4v) is 6.58. The third kappa shape index (κ3) is 19.8. The molecule has 0 aliphatic heterocycles. The highest BCUT2D eigenvalue weighted by atomic mass is 32.1. The number of nitrogens with one attached hydrogen (secondary N) is 8. The van der Waals surface area contributed by atoms with Crippen LogP contribution < -0.4 is 60.0 Å². The Labute approximate surface area is 413 Å². The van der Waals surface area contributed by atoms with E-state index in [0.717, 1.165) is 0 Å². The van der Waals surface area contributed by atoms with Gasteiger partial charge in [-0.3, -0.25) is 57.9 Å². The number of carboxylic acid groups (broad SMARTS) is 4. The lowest BCUT2D eigenvalue weighted by molar-refractivity contribution is -0.143. The third-order valence-corrected chi connectivity index (χ3v) is 10.4. The van der Waals surface area contributed by atoms with E-state index in [1.807, 2.05) is 0 Å². The molecular formula is C41H55N15O15S. The number of aromatic amines is 1. The zero-order valence-electron chi connectivity index (χ0n) is 38.4. The normalized spacial score (nSPS) is 13.3. The van der Waals surface area contributed by atoms with Crippen LogP contribution in [0.2, 0.25) is 0 Å². The Kier molecular flexibility index (Phi) is 22.5. The average molecular weight is 1030 g/mol. The molecule has 0 saturated carbocycles. The predicted molar refractivity (Wildman–Crippen MR) is 255 cm³/mol. The number of H-pyrrole nitrogens is 1. The number of carbonyl (C=O) groups excluding carboxylic acids is 6. The maximum atomic E-state index is 13.7. The number of amides is 6. The number of aromatic nitrogens is 4. The van der Waals surface area contributed by atoms with Crippen molar-refractivity contribution in [2.24, 2.45) is 16.5 Å². The largest absolute Gasteiger partial charge is 0.481 e. The molecule has 0 unspecified atom stereocenters. The first kappa shape index (κ1) is 57.7. The van der Waals surface area contributed by atoms with Crippen LogP contribution in [0.3, 0.4) is 0 Å². The Balaban J connectivity index is 1.66. The number of aliphatic carboxylic acids is 4. The zero-order chi connectivity index (χ0) is 53.7. The van der Waals surface area contributed by atoms with E-state index in [-0.39, 0.29) is 67.4 Å². The van der Waals surface area contributed by atoms with Gasteiger partial charge in [-0.2, -0.15) is 17.6 Å². The molecule has 0 aliphatic rings. The lowest BCUT2D eigenvalue weighted by atomic mass is 10.1. The molecule has 30 nitrogen and oxygen atoms in total. The molecule has 0 aliphatic carbocycles. The second-order valence-corrected chi connectivity index (χ2v) is 16.2. The van der Waals surface area contributed by atoms with Gasteiger partial charge in [0.1, 0.15) is 30.2 Å². The number of nitrogen functional groups attached to an aromatic ring is 1. The number of anilines is 2. The first-order valence-electron chi connectivity index (χ1n) is 21.7. The smallest absolute Gasteiger partial charge is 0.327 e. The summed E-state index contributed by atoms with van der Waals surface area (Å²) in [6.07, 6.45) is -2.69. The highest BCUT2D eigenvalue weighted by molar-refractivity contribution is 7.80. The van der Waals surface area contributed by atoms with Gasteiger partial charge >= 0.3 is 23.9 Å². The minimum atomic E-state index is -2.00. The third-order valence-electron chi connectivity index (χ3n) is 9.99. The van der Waals surface area contributed by atoms with Gasteiger partial charge in [-0.25, -0.2) is 14.8 Å². The fourth-order valence-electron chi connectivity index (χ4n) is 6.33. The molecule has 0 fully saturated rings. The zero-order valence-corrected chi connectivity index (χ0v) is 39.3. The van der Waals surface area contributed by atoms with E-state index in [9.17, 15) is 73.2 Å². The molecular weight excluding hydrogens is 975 g/mol. The standard InChI is InChI=1S/C41H55N15O15S/c1-18(48-33(64)19-5-7-20(8-6-19)46-15-21-16-47-32-31(49-21)38(69)56-41(44)55-32)4-10-27(57)50-24(13-29(60)61)36(67)51-22(3-2-12-45-40(42)43)34(65)53-25(14-30(62)63)37(68)52-23(9-11-28(58)59)35(66)54-26(17-72)39(70)71/h5-8,16,18,22-26,46,72H,2-4,9-15,17H2,1H3,(H,48,64)(H,50,57)(H,51,67)(H,52,68)(H,53,65)(H,54,66)(H,58,59)(H,60,61)(H,62,63)(H,70,71)(H4,42,43,45)(H3,44,47,55,56,69)/t18-,22+,23+,24+,25+,26+/m1/s1. The number of aliphatic imine (C=N–C) groups is 1. The van der Waals surface area contributed by atoms with Crippen LogP contribution in [0.25, 0.3) is 11.2 Å². The van der Waals surface area contributed by atoms with Gasteiger partial charge in [0.2, 0.25) is 35.5 Å². The number of benzene rings is 1. The summed E-state index contributed by atoms with van der Waals surface area (Å²) in [6, 6.07) is -3.14. The molecule has 3 rings (SSSR count). The minimum Gasteiger partial charge on any atom is -0.481 e. The minimum absolute atomic E-state index is 0.00619. The molecule has 3 aromatic rings. The van der Waals surface area contributed by atoms with Crippen molar-refractivity contribution in [1.82, 2.24) is 51.8 Å². The molecule has 6 atom stereocenters. The molecule has 2 heterocycles. The Morgan fingerprint density at radius 3 is 1.82 bits per heavy atom. The highest BCUT2D eigenvalue weighted by Gasteiger charge is 2.34. The van der Waals surface area contributed by atoms with Gasteiger partial charge in [-0.1, -0.05) is 0 Å². The van der Waals surface area contributed by atoms with Crippen LogP contribution >= 0.6 is 12.6 Å². The second-order valence-electron chi connectivity index (χ2n) is 15.8. The quantitative estimate of drug-likeness (QED) is 0.0131. The number of hydrogen-bond donors (Lipinski definition) is 16. The van der Waals surface area contributed by atoms with E-state index in [1.54, 1.807) is 19.1 Å². The summed E-state index contributed by atoms with van der Waals surface area (Å²) < 4.78 is 0. The predicted octanol–water partition coefficient (Wildman–Crippen LogP) is -3.89. The summed E-state index contributed by atoms with van der Waals surface area (Å²) in [6.45, 7) is 1.65. The average Bonchev–Trinajstić information content (AvgIpc) is 3.30. The molecule has 18 N–H and O–H groups in total. The van der Waals surface area contributed by atoms with Gasteiger partial charge in [-0.15, -0.1) is 0 Å². The number of thiol groups is 1. The lowest BCUT2D eigenvalue weighted by Gasteiger charge is -2.26. The Morgan fingerprint density at radius 2 is 1.26 bits per heavy atom. The molecule has 390 valence electrons. The van der Waals surface area contributed by atoms with Crippen molar-refractivity contribution in [3.8, 4) is 0 Å². The van der Waals surface area contributed by atoms with E-state index in [4.69, 9.17) is 17.2 Å². The van der Waals surface area contributed by atoms with E-state index in [1.165, 1.54) is 18.3 Å². The lowest BCUT2D eigenvalue weighted by Crippen LogP contribution is -2.59. The number of guanidine groups is 1. The number of nitrogens with zero attached hydrogens (tertiary/aromatic N) is 4. The maximum Gasteiger partial charge on any atom is 0.327 e. The molecule has 6 amide bonds. The first-order chi connectivity index (χ1) is 33.9. The van der Waals surface area contributed by atoms with Gasteiger partial charge in [0.25, 0.3) is 11.5 Å². The van der Waals surface area contributed by atoms with Crippen molar-refractivity contribution in [3.63, 3.8) is 0 Å². The number of nitrogens with two attached hydrogens (primary N) is 3. The summed E-state index contributed by atoms with van der Waals surface area (Å²) in [5.74, 6) is -13.2. The summed E-state index contributed by atoms with van der Waals surface area (Å²) in [5, 5.41) is 54.4. The van der Waals surface area contributed by atoms with Crippen molar-refractivity contribution in [3.05, 3.63) is 52.1 Å². The van der Waals surface area contributed by atoms with Crippen molar-refractivity contribution < 1.29 is 68.4 Å².